The van der Waals surface area contributed by atoms with E-state index in [-0.39, 0.29) is 47.8 Å². The lowest BCUT2D eigenvalue weighted by Gasteiger charge is -2.46. The standard InChI is InChI=1S/C27H43N3O6S/c1-20-17-23(35-6)18-21(2)25(20)37(33,34)29(5)15-16-36-19-24(31)30-13-11-27(12-14-30)9-7-22(8-10-27)26(32)28(3)4/h17-18,22H,7-16,19H2,1-6H3. The van der Waals surface area contributed by atoms with Crippen molar-refractivity contribution in [1.29, 1.82) is 0 Å². The number of carbonyl (C=O) groups is 2. The van der Waals surface area contributed by atoms with E-state index in [1.54, 1.807) is 38.0 Å². The molecular weight excluding hydrogens is 494 g/mol. The minimum atomic E-state index is -3.70. The summed E-state index contributed by atoms with van der Waals surface area (Å²) in [6.07, 6.45) is 5.87. The summed E-state index contributed by atoms with van der Waals surface area (Å²) < 4.78 is 38.3. The third-order valence-corrected chi connectivity index (χ3v) is 10.3. The van der Waals surface area contributed by atoms with Crippen molar-refractivity contribution < 1.29 is 27.5 Å². The Labute approximate surface area is 222 Å². The van der Waals surface area contributed by atoms with Gasteiger partial charge in [0.2, 0.25) is 21.8 Å². The van der Waals surface area contributed by atoms with E-state index in [9.17, 15) is 18.0 Å². The largest absolute Gasteiger partial charge is 0.497 e. The molecule has 9 nitrogen and oxygen atoms in total. The van der Waals surface area contributed by atoms with Gasteiger partial charge in [-0.15, -0.1) is 0 Å². The molecule has 10 heteroatoms. The van der Waals surface area contributed by atoms with Crippen molar-refractivity contribution in [2.75, 3.05) is 61.1 Å². The third-order valence-electron chi connectivity index (χ3n) is 8.13. The molecule has 0 aromatic heterocycles. The molecule has 1 aliphatic carbocycles. The average Bonchev–Trinajstić information content (AvgIpc) is 2.86. The van der Waals surface area contributed by atoms with Crippen LogP contribution in [-0.2, 0) is 24.3 Å². The summed E-state index contributed by atoms with van der Waals surface area (Å²) in [7, 11) is 3.01. The highest BCUT2D eigenvalue weighted by molar-refractivity contribution is 7.89. The molecule has 37 heavy (non-hydrogen) atoms. The highest BCUT2D eigenvalue weighted by atomic mass is 32.2. The first-order valence-corrected chi connectivity index (χ1v) is 14.5. The number of sulfonamides is 1. The number of hydrogen-bond acceptors (Lipinski definition) is 6. The number of ether oxygens (including phenoxy) is 2. The van der Waals surface area contributed by atoms with E-state index in [1.807, 2.05) is 19.0 Å². The van der Waals surface area contributed by atoms with Gasteiger partial charge in [-0.2, -0.15) is 4.31 Å². The van der Waals surface area contributed by atoms with Crippen LogP contribution in [0.5, 0.6) is 5.75 Å². The van der Waals surface area contributed by atoms with Gasteiger partial charge in [0.05, 0.1) is 18.6 Å². The van der Waals surface area contributed by atoms with Crippen LogP contribution < -0.4 is 4.74 Å². The molecule has 0 atom stereocenters. The van der Waals surface area contributed by atoms with Crippen LogP contribution >= 0.6 is 0 Å². The number of rotatable bonds is 9. The van der Waals surface area contributed by atoms with Crippen LogP contribution in [0.25, 0.3) is 0 Å². The molecule has 1 aromatic carbocycles. The number of piperidine rings is 1. The predicted octanol–water partition coefficient (Wildman–Crippen LogP) is 2.84. The minimum Gasteiger partial charge on any atom is -0.497 e. The van der Waals surface area contributed by atoms with Crippen molar-refractivity contribution in [3.05, 3.63) is 23.3 Å². The number of likely N-dealkylation sites (tertiary alicyclic amines) is 1. The Morgan fingerprint density at radius 1 is 1.03 bits per heavy atom. The Morgan fingerprint density at radius 2 is 1.59 bits per heavy atom. The van der Waals surface area contributed by atoms with Crippen LogP contribution in [0.2, 0.25) is 0 Å². The van der Waals surface area contributed by atoms with Gasteiger partial charge in [-0.25, -0.2) is 8.42 Å². The zero-order chi connectivity index (χ0) is 27.4. The number of aryl methyl sites for hydroxylation is 2. The molecule has 208 valence electrons. The molecule has 0 N–H and O–H groups in total. The monoisotopic (exact) mass is 537 g/mol. The minimum absolute atomic E-state index is 0.0547. The molecule has 1 saturated carbocycles. The predicted molar refractivity (Wildman–Crippen MR) is 142 cm³/mol. The lowest BCUT2D eigenvalue weighted by molar-refractivity contribution is -0.139. The maximum Gasteiger partial charge on any atom is 0.248 e. The summed E-state index contributed by atoms with van der Waals surface area (Å²) in [4.78, 5) is 28.8. The van der Waals surface area contributed by atoms with Crippen LogP contribution in [0, 0.1) is 25.2 Å². The van der Waals surface area contributed by atoms with Gasteiger partial charge in [0.25, 0.3) is 0 Å². The maximum absolute atomic E-state index is 13.1. The lowest BCUT2D eigenvalue weighted by Crippen LogP contribution is -2.46. The van der Waals surface area contributed by atoms with Crippen LogP contribution in [0.3, 0.4) is 0 Å². The summed E-state index contributed by atoms with van der Waals surface area (Å²) in [6.45, 7) is 5.15. The first kappa shape index (κ1) is 29.4. The van der Waals surface area contributed by atoms with E-state index in [1.165, 1.54) is 11.4 Å². The number of carbonyl (C=O) groups excluding carboxylic acids is 2. The second kappa shape index (κ2) is 12.1. The molecular formula is C27H43N3O6S. The summed E-state index contributed by atoms with van der Waals surface area (Å²) in [5, 5.41) is 0. The van der Waals surface area contributed by atoms with Crippen molar-refractivity contribution >= 4 is 21.8 Å². The van der Waals surface area contributed by atoms with Crippen molar-refractivity contribution in [3.63, 3.8) is 0 Å². The molecule has 0 bridgehead atoms. The van der Waals surface area contributed by atoms with Crippen LogP contribution in [0.15, 0.2) is 17.0 Å². The second-order valence-corrected chi connectivity index (χ2v) is 12.8. The summed E-state index contributed by atoms with van der Waals surface area (Å²) in [6, 6.07) is 3.42. The van der Waals surface area contributed by atoms with Crippen LogP contribution in [-0.4, -0.2) is 95.4 Å². The SMILES string of the molecule is COc1cc(C)c(S(=O)(=O)N(C)CCOCC(=O)N2CCC3(CCC(C(=O)N(C)C)CC3)CC2)c(C)c1. The van der Waals surface area contributed by atoms with E-state index in [0.29, 0.717) is 30.0 Å². The number of hydrogen-bond donors (Lipinski definition) is 0. The Bertz CT molecular complexity index is 1050. The number of benzene rings is 1. The number of amides is 2. The van der Waals surface area contributed by atoms with Gasteiger partial charge >= 0.3 is 0 Å². The molecule has 3 rings (SSSR count). The Hall–Kier alpha value is -2.17. The van der Waals surface area contributed by atoms with Crippen molar-refractivity contribution in [2.24, 2.45) is 11.3 Å². The van der Waals surface area contributed by atoms with Gasteiger partial charge in [0, 0.05) is 46.7 Å². The van der Waals surface area contributed by atoms with Crippen molar-refractivity contribution in [1.82, 2.24) is 14.1 Å². The van der Waals surface area contributed by atoms with E-state index in [0.717, 1.165) is 38.5 Å². The fourth-order valence-electron chi connectivity index (χ4n) is 5.73. The van der Waals surface area contributed by atoms with Crippen LogP contribution in [0.1, 0.15) is 49.7 Å². The van der Waals surface area contributed by atoms with Gasteiger partial charge < -0.3 is 19.3 Å². The topological polar surface area (TPSA) is 96.5 Å². The lowest BCUT2D eigenvalue weighted by atomic mass is 9.65. The fourth-order valence-corrected chi connectivity index (χ4v) is 7.29. The van der Waals surface area contributed by atoms with Gasteiger partial charge in [-0.1, -0.05) is 0 Å². The van der Waals surface area contributed by atoms with E-state index < -0.39 is 10.0 Å². The van der Waals surface area contributed by atoms with E-state index >= 15 is 0 Å². The Kier molecular flexibility index (Phi) is 9.63. The molecule has 0 unspecified atom stereocenters. The van der Waals surface area contributed by atoms with Gasteiger partial charge in [0.15, 0.2) is 0 Å². The van der Waals surface area contributed by atoms with E-state index in [4.69, 9.17) is 9.47 Å². The van der Waals surface area contributed by atoms with Gasteiger partial charge in [-0.05, 0) is 81.0 Å². The molecule has 1 heterocycles. The van der Waals surface area contributed by atoms with Crippen LogP contribution in [0.4, 0.5) is 0 Å². The molecule has 2 aliphatic rings. The summed E-state index contributed by atoms with van der Waals surface area (Å²) in [5.41, 5.74) is 1.50. The summed E-state index contributed by atoms with van der Waals surface area (Å²) >= 11 is 0. The molecule has 2 fully saturated rings. The highest BCUT2D eigenvalue weighted by Gasteiger charge is 2.40. The highest BCUT2D eigenvalue weighted by Crippen LogP contribution is 2.46. The molecule has 1 aliphatic heterocycles. The quantitative estimate of drug-likeness (QED) is 0.450. The zero-order valence-corrected chi connectivity index (χ0v) is 24.0. The first-order valence-electron chi connectivity index (χ1n) is 13.1. The average molecular weight is 538 g/mol. The number of methoxy groups -OCH3 is 1. The van der Waals surface area contributed by atoms with Gasteiger partial charge in [0.1, 0.15) is 12.4 Å². The number of likely N-dealkylation sites (N-methyl/N-ethyl adjacent to an activating group) is 1. The second-order valence-electron chi connectivity index (χ2n) is 10.9. The Balaban J connectivity index is 1.42. The molecule has 0 radical (unpaired) electrons. The molecule has 1 spiro atoms. The first-order chi connectivity index (χ1) is 17.4. The summed E-state index contributed by atoms with van der Waals surface area (Å²) in [5.74, 6) is 0.924. The number of nitrogens with zero attached hydrogens (tertiary/aromatic N) is 3. The van der Waals surface area contributed by atoms with E-state index in [2.05, 4.69) is 0 Å². The fraction of sp³-hybridized carbons (Fsp3) is 0.704. The molecule has 2 amide bonds. The van der Waals surface area contributed by atoms with Crippen molar-refractivity contribution in [3.8, 4) is 5.75 Å². The Morgan fingerprint density at radius 3 is 2.11 bits per heavy atom. The smallest absolute Gasteiger partial charge is 0.248 e. The third kappa shape index (κ3) is 6.83. The van der Waals surface area contributed by atoms with Gasteiger partial charge in [-0.3, -0.25) is 9.59 Å². The molecule has 1 aromatic rings. The molecule has 1 saturated heterocycles. The maximum atomic E-state index is 13.1. The van der Waals surface area contributed by atoms with Crippen molar-refractivity contribution in [2.45, 2.75) is 57.3 Å². The zero-order valence-electron chi connectivity index (χ0n) is 23.2. The normalized spacial score (nSPS) is 18.3.